The van der Waals surface area contributed by atoms with Gasteiger partial charge in [0.25, 0.3) is 0 Å². The highest BCUT2D eigenvalue weighted by Gasteiger charge is 2.20. The third-order valence-electron chi connectivity index (χ3n) is 4.38. The molecule has 132 valence electrons. The predicted octanol–water partition coefficient (Wildman–Crippen LogP) is 1.86. The summed E-state index contributed by atoms with van der Waals surface area (Å²) in [6.45, 7) is 4.59. The number of benzene rings is 1. The summed E-state index contributed by atoms with van der Waals surface area (Å²) < 4.78 is 1.54. The third kappa shape index (κ3) is 4.32. The number of hydrogen-bond donors (Lipinski definition) is 3. The number of β-amino-alcohol motifs (C(OH)–C–C–N with tert-alkyl or cyclic N) is 1. The van der Waals surface area contributed by atoms with Gasteiger partial charge in [0.15, 0.2) is 5.65 Å². The Hall–Kier alpha value is -2.51. The highest BCUT2D eigenvalue weighted by molar-refractivity contribution is 5.36. The van der Waals surface area contributed by atoms with Gasteiger partial charge in [-0.1, -0.05) is 24.3 Å². The molecule has 3 aromatic rings. The summed E-state index contributed by atoms with van der Waals surface area (Å²) in [6, 6.07) is 11.0. The molecule has 0 aliphatic carbocycles. The van der Waals surface area contributed by atoms with Crippen LogP contribution in [0.15, 0.2) is 42.6 Å². The number of fused-ring (bicyclic) bond motifs is 1. The first-order chi connectivity index (χ1) is 11.9. The van der Waals surface area contributed by atoms with E-state index in [4.69, 9.17) is 0 Å². The van der Waals surface area contributed by atoms with Crippen molar-refractivity contribution in [3.05, 3.63) is 53.7 Å². The van der Waals surface area contributed by atoms with Crippen LogP contribution >= 0.6 is 0 Å². The van der Waals surface area contributed by atoms with Gasteiger partial charge in [-0.15, -0.1) is 5.10 Å². The fraction of sp³-hybridized carbons (Fsp3) is 0.389. The van der Waals surface area contributed by atoms with E-state index in [9.17, 15) is 10.2 Å². The fourth-order valence-electron chi connectivity index (χ4n) is 2.70. The number of para-hydroxylation sites is 1. The van der Waals surface area contributed by atoms with E-state index in [0.29, 0.717) is 17.9 Å². The topological polar surface area (TPSA) is 95.6 Å². The molecule has 1 atom stereocenters. The molecule has 0 saturated heterocycles. The largest absolute Gasteiger partial charge is 0.508 e. The molecule has 3 rings (SSSR count). The summed E-state index contributed by atoms with van der Waals surface area (Å²) in [4.78, 5) is 0. The number of tetrazole rings is 1. The maximum absolute atomic E-state index is 10.4. The van der Waals surface area contributed by atoms with Crippen molar-refractivity contribution in [2.24, 2.45) is 0 Å². The van der Waals surface area contributed by atoms with Gasteiger partial charge in [0.05, 0.1) is 6.10 Å². The molecule has 1 aromatic carbocycles. The van der Waals surface area contributed by atoms with Crippen molar-refractivity contribution in [1.82, 2.24) is 25.4 Å². The monoisotopic (exact) mass is 341 g/mol. The van der Waals surface area contributed by atoms with Gasteiger partial charge in [0.1, 0.15) is 5.75 Å². The Morgan fingerprint density at radius 1 is 1.20 bits per heavy atom. The minimum Gasteiger partial charge on any atom is -0.508 e. The molecule has 0 fully saturated rings. The number of rotatable bonds is 7. The molecule has 7 nitrogen and oxygen atoms in total. The number of aromatic nitrogens is 4. The van der Waals surface area contributed by atoms with Gasteiger partial charge < -0.3 is 15.5 Å². The Balaban J connectivity index is 1.56. The highest BCUT2D eigenvalue weighted by atomic mass is 16.3. The molecule has 25 heavy (non-hydrogen) atoms. The number of aromatic hydroxyl groups is 1. The van der Waals surface area contributed by atoms with Crippen molar-refractivity contribution in [2.45, 2.75) is 38.3 Å². The maximum Gasteiger partial charge on any atom is 0.179 e. The molecule has 0 aliphatic rings. The lowest BCUT2D eigenvalue weighted by Crippen LogP contribution is -2.42. The lowest BCUT2D eigenvalue weighted by molar-refractivity contribution is 0.158. The SMILES string of the molecule is CC(C)(CCc1ccccc1O)NC[C@H](O)c1ccc2nnnn2c1. The number of hydrogen-bond acceptors (Lipinski definition) is 6. The molecule has 0 amide bonds. The summed E-state index contributed by atoms with van der Waals surface area (Å²) in [5.41, 5.74) is 2.15. The summed E-state index contributed by atoms with van der Waals surface area (Å²) in [6.07, 6.45) is 2.68. The van der Waals surface area contributed by atoms with E-state index in [2.05, 4.69) is 34.7 Å². The number of aliphatic hydroxyl groups excluding tert-OH is 1. The molecular weight excluding hydrogens is 318 g/mol. The van der Waals surface area contributed by atoms with Crippen molar-refractivity contribution in [3.8, 4) is 5.75 Å². The predicted molar refractivity (Wildman–Crippen MR) is 94.3 cm³/mol. The van der Waals surface area contributed by atoms with Crippen LogP contribution in [0.1, 0.15) is 37.5 Å². The minimum atomic E-state index is -0.655. The zero-order valence-corrected chi connectivity index (χ0v) is 14.4. The van der Waals surface area contributed by atoms with Gasteiger partial charge in [-0.25, -0.2) is 4.52 Å². The Labute approximate surface area is 146 Å². The van der Waals surface area contributed by atoms with Crippen LogP contribution in [-0.2, 0) is 6.42 Å². The summed E-state index contributed by atoms with van der Waals surface area (Å²) in [5.74, 6) is 0.327. The second kappa shape index (κ2) is 7.16. The number of aryl methyl sites for hydroxylation is 1. The van der Waals surface area contributed by atoms with Gasteiger partial charge in [-0.3, -0.25) is 0 Å². The van der Waals surface area contributed by atoms with Gasteiger partial charge in [0.2, 0.25) is 0 Å². The number of phenols is 1. The van der Waals surface area contributed by atoms with Crippen LogP contribution < -0.4 is 5.32 Å². The number of pyridine rings is 1. The highest BCUT2D eigenvalue weighted by Crippen LogP contribution is 2.21. The molecule has 0 saturated carbocycles. The molecule has 0 aliphatic heterocycles. The van der Waals surface area contributed by atoms with Crippen molar-refractivity contribution in [2.75, 3.05) is 6.54 Å². The minimum absolute atomic E-state index is 0.178. The van der Waals surface area contributed by atoms with Gasteiger partial charge in [0, 0.05) is 23.8 Å². The molecule has 0 unspecified atom stereocenters. The average molecular weight is 341 g/mol. The molecule has 2 heterocycles. The number of phenolic OH excluding ortho intramolecular Hbond substituents is 1. The third-order valence-corrected chi connectivity index (χ3v) is 4.38. The molecule has 3 N–H and O–H groups in total. The van der Waals surface area contributed by atoms with Crippen LogP contribution in [-0.4, -0.2) is 42.3 Å². The molecule has 0 bridgehead atoms. The zero-order valence-electron chi connectivity index (χ0n) is 14.4. The first-order valence-electron chi connectivity index (χ1n) is 8.32. The summed E-state index contributed by atoms with van der Waals surface area (Å²) in [7, 11) is 0. The first-order valence-corrected chi connectivity index (χ1v) is 8.32. The van der Waals surface area contributed by atoms with E-state index in [0.717, 1.165) is 24.0 Å². The summed E-state index contributed by atoms with van der Waals surface area (Å²) in [5, 5.41) is 35.0. The van der Waals surface area contributed by atoms with Crippen LogP contribution in [0.4, 0.5) is 0 Å². The fourth-order valence-corrected chi connectivity index (χ4v) is 2.70. The smallest absolute Gasteiger partial charge is 0.179 e. The van der Waals surface area contributed by atoms with Gasteiger partial charge in [-0.05, 0) is 54.8 Å². The average Bonchev–Trinajstić information content (AvgIpc) is 3.07. The summed E-state index contributed by atoms with van der Waals surface area (Å²) >= 11 is 0. The van der Waals surface area contributed by atoms with E-state index < -0.39 is 6.10 Å². The first kappa shape index (κ1) is 17.3. The number of aliphatic hydroxyl groups is 1. The number of nitrogens with one attached hydrogen (secondary N) is 1. The van der Waals surface area contributed by atoms with Gasteiger partial charge in [-0.2, -0.15) is 0 Å². The van der Waals surface area contributed by atoms with Crippen LogP contribution in [0.25, 0.3) is 5.65 Å². The van der Waals surface area contributed by atoms with Crippen LogP contribution in [0.3, 0.4) is 0 Å². The number of nitrogens with zero attached hydrogens (tertiary/aromatic N) is 4. The van der Waals surface area contributed by atoms with Crippen molar-refractivity contribution < 1.29 is 10.2 Å². The van der Waals surface area contributed by atoms with E-state index in [1.165, 1.54) is 0 Å². The van der Waals surface area contributed by atoms with E-state index in [-0.39, 0.29) is 5.54 Å². The Bertz CT molecular complexity index is 846. The standard InChI is InChI=1S/C18H23N5O2/c1-18(2,10-9-13-5-3-4-6-15(13)24)19-11-16(25)14-7-8-17-20-21-22-23(17)12-14/h3-8,12,16,19,24-25H,9-11H2,1-2H3/t16-/m0/s1. The van der Waals surface area contributed by atoms with E-state index in [1.807, 2.05) is 24.3 Å². The van der Waals surface area contributed by atoms with Crippen molar-refractivity contribution in [1.29, 1.82) is 0 Å². The second-order valence-corrected chi connectivity index (χ2v) is 6.85. The second-order valence-electron chi connectivity index (χ2n) is 6.85. The van der Waals surface area contributed by atoms with E-state index >= 15 is 0 Å². The quantitative estimate of drug-likeness (QED) is 0.607. The van der Waals surface area contributed by atoms with Crippen LogP contribution in [0, 0.1) is 0 Å². The maximum atomic E-state index is 10.4. The lowest BCUT2D eigenvalue weighted by Gasteiger charge is -2.28. The molecule has 0 radical (unpaired) electrons. The zero-order chi connectivity index (χ0) is 17.9. The van der Waals surface area contributed by atoms with Crippen LogP contribution in [0.2, 0.25) is 0 Å². The normalized spacial score (nSPS) is 13.2. The molecule has 2 aromatic heterocycles. The van der Waals surface area contributed by atoms with Crippen LogP contribution in [0.5, 0.6) is 5.75 Å². The Kier molecular flexibility index (Phi) is 4.96. The van der Waals surface area contributed by atoms with E-state index in [1.54, 1.807) is 22.8 Å². The lowest BCUT2D eigenvalue weighted by atomic mass is 9.94. The van der Waals surface area contributed by atoms with Gasteiger partial charge >= 0.3 is 0 Å². The Morgan fingerprint density at radius 3 is 2.80 bits per heavy atom. The molecular formula is C18H23N5O2. The van der Waals surface area contributed by atoms with Crippen molar-refractivity contribution >= 4 is 5.65 Å². The Morgan fingerprint density at radius 2 is 2.00 bits per heavy atom. The molecule has 0 spiro atoms. The van der Waals surface area contributed by atoms with Crippen molar-refractivity contribution in [3.63, 3.8) is 0 Å². The molecule has 7 heteroatoms.